The van der Waals surface area contributed by atoms with Crippen molar-refractivity contribution in [2.45, 2.75) is 18.7 Å². The average molecular weight is 425 g/mol. The summed E-state index contributed by atoms with van der Waals surface area (Å²) in [6.07, 6.45) is 0. The number of carbonyl (C=O) groups is 1. The number of hydrogen-bond donors (Lipinski definition) is 1. The van der Waals surface area contributed by atoms with E-state index in [0.717, 1.165) is 5.56 Å². The first-order valence-electron chi connectivity index (χ1n) is 9.51. The number of benzene rings is 3. The molecular formula is C23H24N2O4S. The summed E-state index contributed by atoms with van der Waals surface area (Å²) in [4.78, 5) is 12.7. The van der Waals surface area contributed by atoms with Crippen LogP contribution in [0.2, 0.25) is 0 Å². The second-order valence-electron chi connectivity index (χ2n) is 6.75. The van der Waals surface area contributed by atoms with Crippen LogP contribution >= 0.6 is 0 Å². The van der Waals surface area contributed by atoms with Gasteiger partial charge in [0.05, 0.1) is 17.2 Å². The Morgan fingerprint density at radius 3 is 2.47 bits per heavy atom. The van der Waals surface area contributed by atoms with Crippen molar-refractivity contribution in [1.29, 1.82) is 0 Å². The van der Waals surface area contributed by atoms with Gasteiger partial charge in [-0.25, -0.2) is 8.42 Å². The minimum absolute atomic E-state index is 0.0437. The standard InChI is InChI=1S/C23H24N2O4S/c1-4-29-21-12-7-10-19(16-21)24-23(26)18-9-6-13-22(15-18)30(27,28)25(3)20-11-5-8-17(2)14-20/h5-16H,4H2,1-3H3,(H,24,26). The van der Waals surface area contributed by atoms with Crippen LogP contribution in [-0.4, -0.2) is 28.0 Å². The van der Waals surface area contributed by atoms with Crippen LogP contribution in [0.25, 0.3) is 0 Å². The third-order valence-electron chi connectivity index (χ3n) is 4.52. The van der Waals surface area contributed by atoms with Gasteiger partial charge >= 0.3 is 0 Å². The summed E-state index contributed by atoms with van der Waals surface area (Å²) >= 11 is 0. The zero-order valence-electron chi connectivity index (χ0n) is 17.1. The highest BCUT2D eigenvalue weighted by atomic mass is 32.2. The van der Waals surface area contributed by atoms with E-state index in [4.69, 9.17) is 4.74 Å². The SMILES string of the molecule is CCOc1cccc(NC(=O)c2cccc(S(=O)(=O)N(C)c3cccc(C)c3)c2)c1. The first-order valence-corrected chi connectivity index (χ1v) is 10.9. The van der Waals surface area contributed by atoms with Gasteiger partial charge in [-0.1, -0.05) is 24.3 Å². The molecule has 156 valence electrons. The molecule has 1 N–H and O–H groups in total. The van der Waals surface area contributed by atoms with E-state index >= 15 is 0 Å². The fourth-order valence-electron chi connectivity index (χ4n) is 2.95. The first-order chi connectivity index (χ1) is 14.3. The maximum absolute atomic E-state index is 13.1. The minimum Gasteiger partial charge on any atom is -0.494 e. The number of rotatable bonds is 7. The number of ether oxygens (including phenoxy) is 1. The Balaban J connectivity index is 1.84. The molecule has 0 aromatic heterocycles. The molecule has 1 amide bonds. The van der Waals surface area contributed by atoms with E-state index in [1.54, 1.807) is 54.6 Å². The molecule has 3 aromatic carbocycles. The molecule has 0 aliphatic carbocycles. The lowest BCUT2D eigenvalue weighted by Crippen LogP contribution is -2.27. The van der Waals surface area contributed by atoms with E-state index in [9.17, 15) is 13.2 Å². The van der Waals surface area contributed by atoms with Crippen molar-refractivity contribution in [1.82, 2.24) is 0 Å². The number of carbonyl (C=O) groups excluding carboxylic acids is 1. The highest BCUT2D eigenvalue weighted by molar-refractivity contribution is 7.92. The quantitative estimate of drug-likeness (QED) is 0.607. The lowest BCUT2D eigenvalue weighted by molar-refractivity contribution is 0.102. The highest BCUT2D eigenvalue weighted by Gasteiger charge is 2.22. The Bertz CT molecular complexity index is 1160. The van der Waals surface area contributed by atoms with Crippen molar-refractivity contribution in [3.8, 4) is 5.75 Å². The van der Waals surface area contributed by atoms with Gasteiger partial charge in [-0.2, -0.15) is 0 Å². The van der Waals surface area contributed by atoms with Crippen LogP contribution in [0.15, 0.2) is 77.7 Å². The second kappa shape index (κ2) is 9.00. The summed E-state index contributed by atoms with van der Waals surface area (Å²) < 4.78 is 32.8. The van der Waals surface area contributed by atoms with Gasteiger partial charge in [0.2, 0.25) is 0 Å². The van der Waals surface area contributed by atoms with Crippen molar-refractivity contribution in [2.24, 2.45) is 0 Å². The average Bonchev–Trinajstić information content (AvgIpc) is 2.74. The molecule has 0 aliphatic heterocycles. The summed E-state index contributed by atoms with van der Waals surface area (Å²) in [6, 6.07) is 20.2. The van der Waals surface area contributed by atoms with Gasteiger partial charge in [0.25, 0.3) is 15.9 Å². The van der Waals surface area contributed by atoms with E-state index in [2.05, 4.69) is 5.32 Å². The van der Waals surface area contributed by atoms with Gasteiger partial charge in [0, 0.05) is 24.4 Å². The molecule has 7 heteroatoms. The van der Waals surface area contributed by atoms with Crippen LogP contribution < -0.4 is 14.4 Å². The molecule has 0 saturated heterocycles. The molecule has 0 bridgehead atoms. The van der Waals surface area contributed by atoms with Crippen molar-refractivity contribution >= 4 is 27.3 Å². The third-order valence-corrected chi connectivity index (χ3v) is 6.30. The molecule has 0 unspecified atom stereocenters. The number of nitrogens with one attached hydrogen (secondary N) is 1. The molecule has 0 spiro atoms. The van der Waals surface area contributed by atoms with Crippen molar-refractivity contribution in [3.05, 3.63) is 83.9 Å². The van der Waals surface area contributed by atoms with Crippen molar-refractivity contribution in [2.75, 3.05) is 23.3 Å². The first kappa shape index (κ1) is 21.4. The Labute approximate surface area is 177 Å². The molecule has 3 aromatic rings. The van der Waals surface area contributed by atoms with Crippen LogP contribution in [0.3, 0.4) is 0 Å². The Morgan fingerprint density at radius 1 is 1.00 bits per heavy atom. The van der Waals surface area contributed by atoms with Crippen LogP contribution in [0, 0.1) is 6.92 Å². The largest absolute Gasteiger partial charge is 0.494 e. The highest BCUT2D eigenvalue weighted by Crippen LogP contribution is 2.24. The maximum atomic E-state index is 13.1. The molecular weight excluding hydrogens is 400 g/mol. The van der Waals surface area contributed by atoms with Gasteiger partial charge in [-0.05, 0) is 61.9 Å². The smallest absolute Gasteiger partial charge is 0.264 e. The normalized spacial score (nSPS) is 11.0. The third kappa shape index (κ3) is 4.80. The summed E-state index contributed by atoms with van der Waals surface area (Å²) in [7, 11) is -2.32. The van der Waals surface area contributed by atoms with E-state index in [1.165, 1.54) is 23.5 Å². The molecule has 0 atom stereocenters. The van der Waals surface area contributed by atoms with E-state index < -0.39 is 15.9 Å². The Morgan fingerprint density at radius 2 is 1.73 bits per heavy atom. The zero-order chi connectivity index (χ0) is 21.7. The summed E-state index contributed by atoms with van der Waals surface area (Å²) in [6.45, 7) is 4.30. The van der Waals surface area contributed by atoms with Crippen LogP contribution in [0.1, 0.15) is 22.8 Å². The number of aryl methyl sites for hydroxylation is 1. The monoisotopic (exact) mass is 424 g/mol. The summed E-state index contributed by atoms with van der Waals surface area (Å²) in [5.74, 6) is 0.241. The molecule has 0 heterocycles. The van der Waals surface area contributed by atoms with Crippen molar-refractivity contribution < 1.29 is 17.9 Å². The molecule has 0 aliphatic rings. The van der Waals surface area contributed by atoms with Gasteiger partial charge < -0.3 is 10.1 Å². The number of sulfonamides is 1. The van der Waals surface area contributed by atoms with Gasteiger partial charge in [0.15, 0.2) is 0 Å². The topological polar surface area (TPSA) is 75.7 Å². The Kier molecular flexibility index (Phi) is 6.42. The van der Waals surface area contributed by atoms with E-state index in [-0.39, 0.29) is 10.5 Å². The van der Waals surface area contributed by atoms with Gasteiger partial charge in [0.1, 0.15) is 5.75 Å². The van der Waals surface area contributed by atoms with Gasteiger partial charge in [-0.3, -0.25) is 9.10 Å². The maximum Gasteiger partial charge on any atom is 0.264 e. The van der Waals surface area contributed by atoms with E-state index in [0.29, 0.717) is 23.7 Å². The van der Waals surface area contributed by atoms with E-state index in [1.807, 2.05) is 19.9 Å². The lowest BCUT2D eigenvalue weighted by atomic mass is 10.2. The van der Waals surface area contributed by atoms with Crippen LogP contribution in [0.4, 0.5) is 11.4 Å². The number of amides is 1. The fraction of sp³-hybridized carbons (Fsp3) is 0.174. The summed E-state index contributed by atoms with van der Waals surface area (Å²) in [5, 5.41) is 2.78. The van der Waals surface area contributed by atoms with Crippen LogP contribution in [-0.2, 0) is 10.0 Å². The Hall–Kier alpha value is -3.32. The predicted molar refractivity (Wildman–Crippen MR) is 119 cm³/mol. The molecule has 30 heavy (non-hydrogen) atoms. The number of nitrogens with zero attached hydrogens (tertiary/aromatic N) is 1. The number of hydrogen-bond acceptors (Lipinski definition) is 4. The molecule has 3 rings (SSSR count). The van der Waals surface area contributed by atoms with Gasteiger partial charge in [-0.15, -0.1) is 0 Å². The minimum atomic E-state index is -3.82. The molecule has 6 nitrogen and oxygen atoms in total. The lowest BCUT2D eigenvalue weighted by Gasteiger charge is -2.20. The summed E-state index contributed by atoms with van der Waals surface area (Å²) in [5.41, 5.74) is 2.32. The van der Waals surface area contributed by atoms with Crippen molar-refractivity contribution in [3.63, 3.8) is 0 Å². The number of anilines is 2. The zero-order valence-corrected chi connectivity index (χ0v) is 17.9. The fourth-order valence-corrected chi connectivity index (χ4v) is 4.19. The second-order valence-corrected chi connectivity index (χ2v) is 8.72. The predicted octanol–water partition coefficient (Wildman–Crippen LogP) is 4.47. The molecule has 0 fully saturated rings. The molecule has 0 saturated carbocycles. The molecule has 0 radical (unpaired) electrons. The van der Waals surface area contributed by atoms with Crippen LogP contribution in [0.5, 0.6) is 5.75 Å².